The van der Waals surface area contributed by atoms with Crippen molar-refractivity contribution < 1.29 is 28.5 Å². The molecule has 7 heteroatoms. The normalized spacial score (nSPS) is 10.9. The summed E-state index contributed by atoms with van der Waals surface area (Å²) in [5.41, 5.74) is 2.04. The van der Waals surface area contributed by atoms with E-state index in [4.69, 9.17) is 35.9 Å². The topological polar surface area (TPSA) is 63.2 Å². The standard InChI is InChI=1S/C27H24O6S/c1-17(28)33-27(34)22-14-19-9-5-7-11-21(19)25(26(22)32-16-30-3)24-20-10-6-4-8-18(20)12-13-23(24)31-15-29-2/h4-14H,15-16H2,1-3H3. The van der Waals surface area contributed by atoms with Crippen LogP contribution in [0, 0.1) is 0 Å². The van der Waals surface area contributed by atoms with E-state index in [0.29, 0.717) is 17.1 Å². The maximum Gasteiger partial charge on any atom is 0.308 e. The molecule has 0 aliphatic carbocycles. The number of carbonyl (C=O) groups excluding carboxylic acids is 1. The van der Waals surface area contributed by atoms with Gasteiger partial charge >= 0.3 is 5.97 Å². The van der Waals surface area contributed by atoms with Crippen LogP contribution < -0.4 is 9.47 Å². The lowest BCUT2D eigenvalue weighted by molar-refractivity contribution is -0.132. The minimum absolute atomic E-state index is 0.0187. The van der Waals surface area contributed by atoms with Crippen LogP contribution in [0.4, 0.5) is 0 Å². The van der Waals surface area contributed by atoms with Crippen LogP contribution in [-0.4, -0.2) is 38.8 Å². The second-order valence-electron chi connectivity index (χ2n) is 7.49. The average Bonchev–Trinajstić information content (AvgIpc) is 2.84. The third-order valence-corrected chi connectivity index (χ3v) is 5.56. The monoisotopic (exact) mass is 476 g/mol. The van der Waals surface area contributed by atoms with E-state index in [9.17, 15) is 4.79 Å². The summed E-state index contributed by atoms with van der Waals surface area (Å²) in [6.45, 7) is 1.36. The Morgan fingerprint density at radius 3 is 2.09 bits per heavy atom. The predicted molar refractivity (Wildman–Crippen MR) is 135 cm³/mol. The minimum atomic E-state index is -0.508. The maximum absolute atomic E-state index is 11.7. The maximum atomic E-state index is 11.7. The molecule has 34 heavy (non-hydrogen) atoms. The Kier molecular flexibility index (Phi) is 7.37. The number of hydrogen-bond acceptors (Lipinski definition) is 7. The van der Waals surface area contributed by atoms with Crippen molar-refractivity contribution in [2.24, 2.45) is 0 Å². The van der Waals surface area contributed by atoms with Crippen LogP contribution in [0.5, 0.6) is 11.5 Å². The smallest absolute Gasteiger partial charge is 0.308 e. The molecule has 0 amide bonds. The summed E-state index contributed by atoms with van der Waals surface area (Å²) in [5, 5.41) is 3.82. The molecule has 174 valence electrons. The van der Waals surface area contributed by atoms with Gasteiger partial charge in [-0.3, -0.25) is 4.79 Å². The summed E-state index contributed by atoms with van der Waals surface area (Å²) in [5.74, 6) is 0.542. The van der Waals surface area contributed by atoms with Crippen molar-refractivity contribution in [2.45, 2.75) is 6.92 Å². The van der Waals surface area contributed by atoms with Gasteiger partial charge in [-0.1, -0.05) is 54.6 Å². The quantitative estimate of drug-likeness (QED) is 0.179. The highest BCUT2D eigenvalue weighted by Crippen LogP contribution is 2.47. The van der Waals surface area contributed by atoms with Crippen LogP contribution in [-0.2, 0) is 19.0 Å². The lowest BCUT2D eigenvalue weighted by atomic mass is 9.90. The third kappa shape index (κ3) is 4.72. The molecule has 6 nitrogen and oxygen atoms in total. The number of carbonyl (C=O) groups is 1. The van der Waals surface area contributed by atoms with E-state index in [0.717, 1.165) is 32.7 Å². The molecule has 0 radical (unpaired) electrons. The van der Waals surface area contributed by atoms with Gasteiger partial charge in [0.2, 0.25) is 5.05 Å². The van der Waals surface area contributed by atoms with Crippen molar-refractivity contribution in [3.8, 4) is 22.6 Å². The SMILES string of the molecule is COCOc1ccc2ccccc2c1-c1c(OCOC)c(C(=S)OC(C)=O)cc2ccccc12. The molecule has 4 rings (SSSR count). The lowest BCUT2D eigenvalue weighted by Crippen LogP contribution is -2.12. The Bertz CT molecular complexity index is 1360. The Labute approximate surface area is 202 Å². The van der Waals surface area contributed by atoms with Crippen LogP contribution in [0.1, 0.15) is 12.5 Å². The van der Waals surface area contributed by atoms with Crippen LogP contribution in [0.2, 0.25) is 0 Å². The van der Waals surface area contributed by atoms with Crippen molar-refractivity contribution in [3.05, 3.63) is 72.3 Å². The van der Waals surface area contributed by atoms with Gasteiger partial charge in [0.15, 0.2) is 13.6 Å². The number of benzene rings is 4. The Balaban J connectivity index is 2.14. The highest BCUT2D eigenvalue weighted by molar-refractivity contribution is 7.80. The first-order chi connectivity index (χ1) is 16.5. The zero-order valence-corrected chi connectivity index (χ0v) is 19.9. The number of ether oxygens (including phenoxy) is 5. The van der Waals surface area contributed by atoms with Gasteiger partial charge in [0.1, 0.15) is 11.5 Å². The molecule has 0 aliphatic rings. The Morgan fingerprint density at radius 2 is 1.41 bits per heavy atom. The number of esters is 1. The molecule has 4 aromatic rings. The molecular weight excluding hydrogens is 452 g/mol. The van der Waals surface area contributed by atoms with Gasteiger partial charge in [-0.2, -0.15) is 0 Å². The van der Waals surface area contributed by atoms with Crippen molar-refractivity contribution in [1.82, 2.24) is 0 Å². The molecule has 4 aromatic carbocycles. The van der Waals surface area contributed by atoms with Gasteiger partial charge in [0, 0.05) is 32.3 Å². The Hall–Kier alpha value is -3.52. The van der Waals surface area contributed by atoms with Crippen molar-refractivity contribution >= 4 is 44.8 Å². The van der Waals surface area contributed by atoms with Crippen LogP contribution in [0.15, 0.2) is 66.7 Å². The molecule has 0 N–H and O–H groups in total. The molecule has 0 spiro atoms. The number of fused-ring (bicyclic) bond motifs is 2. The van der Waals surface area contributed by atoms with Crippen molar-refractivity contribution in [3.63, 3.8) is 0 Å². The average molecular weight is 477 g/mol. The first-order valence-electron chi connectivity index (χ1n) is 10.6. The van der Waals surface area contributed by atoms with Gasteiger partial charge in [-0.25, -0.2) is 0 Å². The van der Waals surface area contributed by atoms with E-state index >= 15 is 0 Å². The van der Waals surface area contributed by atoms with Gasteiger partial charge in [0.25, 0.3) is 0 Å². The molecule has 0 unspecified atom stereocenters. The largest absolute Gasteiger partial charge is 0.467 e. The summed E-state index contributed by atoms with van der Waals surface area (Å²) < 4.78 is 27.8. The second-order valence-corrected chi connectivity index (χ2v) is 7.86. The minimum Gasteiger partial charge on any atom is -0.467 e. The van der Waals surface area contributed by atoms with E-state index in [2.05, 4.69) is 0 Å². The molecule has 0 atom stereocenters. The summed E-state index contributed by atoms with van der Waals surface area (Å²) >= 11 is 5.49. The highest BCUT2D eigenvalue weighted by atomic mass is 32.1. The van der Waals surface area contributed by atoms with Crippen molar-refractivity contribution in [1.29, 1.82) is 0 Å². The van der Waals surface area contributed by atoms with E-state index in [1.165, 1.54) is 14.0 Å². The summed E-state index contributed by atoms with van der Waals surface area (Å²) in [6.07, 6.45) is 0. The van der Waals surface area contributed by atoms with Gasteiger partial charge in [-0.05, 0) is 45.9 Å². The summed E-state index contributed by atoms with van der Waals surface area (Å²) in [7, 11) is 3.11. The molecule has 0 saturated carbocycles. The fraction of sp³-hybridized carbons (Fsp3) is 0.185. The van der Waals surface area contributed by atoms with Crippen molar-refractivity contribution in [2.75, 3.05) is 27.8 Å². The molecule has 0 fully saturated rings. The van der Waals surface area contributed by atoms with E-state index in [-0.39, 0.29) is 18.6 Å². The first kappa shape index (κ1) is 23.6. The number of hydrogen-bond donors (Lipinski definition) is 0. The molecule has 0 aliphatic heterocycles. The molecule has 0 saturated heterocycles. The molecule has 0 bridgehead atoms. The second kappa shape index (κ2) is 10.6. The van der Waals surface area contributed by atoms with Crippen LogP contribution >= 0.6 is 12.2 Å². The number of methoxy groups -OCH3 is 2. The van der Waals surface area contributed by atoms with E-state index in [1.807, 2.05) is 66.7 Å². The first-order valence-corrected chi connectivity index (χ1v) is 11.0. The molecule has 0 heterocycles. The Morgan fingerprint density at radius 1 is 0.794 bits per heavy atom. The van der Waals surface area contributed by atoms with E-state index in [1.54, 1.807) is 7.11 Å². The summed E-state index contributed by atoms with van der Waals surface area (Å²) in [4.78, 5) is 11.7. The summed E-state index contributed by atoms with van der Waals surface area (Å²) in [6, 6.07) is 21.6. The molecule has 0 aromatic heterocycles. The highest BCUT2D eigenvalue weighted by Gasteiger charge is 2.24. The third-order valence-electron chi connectivity index (χ3n) is 5.25. The van der Waals surface area contributed by atoms with Gasteiger partial charge < -0.3 is 23.7 Å². The van der Waals surface area contributed by atoms with Crippen LogP contribution in [0.25, 0.3) is 32.7 Å². The molecular formula is C27H24O6S. The number of thiocarbonyl (C=S) groups is 1. The fourth-order valence-electron chi connectivity index (χ4n) is 3.93. The zero-order chi connectivity index (χ0) is 24.1. The number of rotatable bonds is 8. The predicted octanol–water partition coefficient (Wildman–Crippen LogP) is 5.86. The van der Waals surface area contributed by atoms with E-state index < -0.39 is 5.97 Å². The lowest BCUT2D eigenvalue weighted by Gasteiger charge is -2.21. The van der Waals surface area contributed by atoms with Gasteiger partial charge in [-0.15, -0.1) is 0 Å². The van der Waals surface area contributed by atoms with Gasteiger partial charge in [0.05, 0.1) is 5.56 Å². The zero-order valence-electron chi connectivity index (χ0n) is 19.1. The van der Waals surface area contributed by atoms with Crippen LogP contribution in [0.3, 0.4) is 0 Å². The fourth-order valence-corrected chi connectivity index (χ4v) is 4.20.